The minimum Gasteiger partial charge on any atom is -0.392 e. The summed E-state index contributed by atoms with van der Waals surface area (Å²) in [7, 11) is 0. The summed E-state index contributed by atoms with van der Waals surface area (Å²) in [6, 6.07) is 4.41. The van der Waals surface area contributed by atoms with Crippen LogP contribution in [0.5, 0.6) is 0 Å². The van der Waals surface area contributed by atoms with Gasteiger partial charge in [0.25, 0.3) is 0 Å². The van der Waals surface area contributed by atoms with E-state index in [0.717, 1.165) is 12.8 Å². The van der Waals surface area contributed by atoms with Gasteiger partial charge in [0.1, 0.15) is 5.82 Å². The highest BCUT2D eigenvalue weighted by Crippen LogP contribution is 2.38. The van der Waals surface area contributed by atoms with Crippen LogP contribution in [0.2, 0.25) is 0 Å². The molecule has 3 rings (SSSR count). The van der Waals surface area contributed by atoms with Crippen LogP contribution in [0.1, 0.15) is 24.4 Å². The number of hydrogen-bond donors (Lipinski definition) is 2. The molecule has 5 nitrogen and oxygen atoms in total. The number of benzene rings is 1. The molecule has 1 aromatic carbocycles. The van der Waals surface area contributed by atoms with E-state index < -0.39 is 5.82 Å². The number of rotatable bonds is 4. The molecule has 1 fully saturated rings. The summed E-state index contributed by atoms with van der Waals surface area (Å²) in [4.78, 5) is 12.3. The van der Waals surface area contributed by atoms with E-state index in [1.807, 2.05) is 0 Å². The average molecular weight is 281 g/mol. The molecule has 7 heteroatoms. The molecule has 1 aliphatic carbocycles. The molecule has 0 bridgehead atoms. The normalized spacial score (nSPS) is 14.8. The Morgan fingerprint density at radius 1 is 1.53 bits per heavy atom. The predicted molar refractivity (Wildman–Crippen MR) is 67.6 cm³/mol. The van der Waals surface area contributed by atoms with Gasteiger partial charge in [0.05, 0.1) is 6.61 Å². The van der Waals surface area contributed by atoms with E-state index in [4.69, 9.17) is 0 Å². The Kier molecular flexibility index (Phi) is 3.16. The number of H-pyrrole nitrogens is 1. The molecular weight excluding hydrogens is 269 g/mol. The molecule has 0 atom stereocenters. The van der Waals surface area contributed by atoms with Crippen LogP contribution in [0.3, 0.4) is 0 Å². The minimum atomic E-state index is -0.394. The lowest BCUT2D eigenvalue weighted by Crippen LogP contribution is -2.16. The van der Waals surface area contributed by atoms with Crippen molar-refractivity contribution in [2.45, 2.75) is 35.5 Å². The number of aliphatic hydroxyl groups is 1. The van der Waals surface area contributed by atoms with Crippen molar-refractivity contribution >= 4 is 11.8 Å². The molecule has 0 spiro atoms. The van der Waals surface area contributed by atoms with Gasteiger partial charge in [-0.2, -0.15) is 0 Å². The van der Waals surface area contributed by atoms with Gasteiger partial charge in [0, 0.05) is 10.9 Å². The lowest BCUT2D eigenvalue weighted by molar-refractivity contribution is 0.278. The molecule has 1 aliphatic rings. The summed E-state index contributed by atoms with van der Waals surface area (Å²) >= 11 is 1.26. The summed E-state index contributed by atoms with van der Waals surface area (Å²) in [5, 5.41) is 16.2. The third-order valence-corrected chi connectivity index (χ3v) is 4.07. The van der Waals surface area contributed by atoms with Crippen molar-refractivity contribution in [3.63, 3.8) is 0 Å². The summed E-state index contributed by atoms with van der Waals surface area (Å²) in [5.41, 5.74) is 0.264. The standard InChI is InChI=1S/C12H12FN3O2S/c13-8-1-4-10(7(5-8)6-17)19-12-15-14-11(18)16(12)9-2-3-9/h1,4-5,9,17H,2-3,6H2,(H,14,18). The monoisotopic (exact) mass is 281 g/mol. The Balaban J connectivity index is 1.95. The summed E-state index contributed by atoms with van der Waals surface area (Å²) < 4.78 is 14.7. The van der Waals surface area contributed by atoms with Gasteiger partial charge in [-0.1, -0.05) is 0 Å². The summed E-state index contributed by atoms with van der Waals surface area (Å²) in [6.07, 6.45) is 1.95. The van der Waals surface area contributed by atoms with Crippen LogP contribution in [-0.4, -0.2) is 19.9 Å². The first-order valence-corrected chi connectivity index (χ1v) is 6.74. The zero-order valence-electron chi connectivity index (χ0n) is 9.97. The van der Waals surface area contributed by atoms with Crippen molar-refractivity contribution in [2.24, 2.45) is 0 Å². The second-order valence-corrected chi connectivity index (χ2v) is 5.43. The van der Waals surface area contributed by atoms with Gasteiger partial charge in [0.15, 0.2) is 5.16 Å². The predicted octanol–water partition coefficient (Wildman–Crippen LogP) is 1.69. The van der Waals surface area contributed by atoms with Gasteiger partial charge in [-0.15, -0.1) is 5.10 Å². The van der Waals surface area contributed by atoms with Crippen LogP contribution in [0.4, 0.5) is 4.39 Å². The van der Waals surface area contributed by atoms with Crippen LogP contribution < -0.4 is 5.69 Å². The molecule has 1 aromatic heterocycles. The van der Waals surface area contributed by atoms with Crippen molar-refractivity contribution in [1.82, 2.24) is 14.8 Å². The maximum Gasteiger partial charge on any atom is 0.344 e. The quantitative estimate of drug-likeness (QED) is 0.894. The molecule has 1 saturated carbocycles. The van der Waals surface area contributed by atoms with E-state index in [-0.39, 0.29) is 18.3 Å². The van der Waals surface area contributed by atoms with Gasteiger partial charge < -0.3 is 5.11 Å². The first-order chi connectivity index (χ1) is 9.19. The van der Waals surface area contributed by atoms with Gasteiger partial charge in [-0.05, 0) is 48.4 Å². The molecule has 19 heavy (non-hydrogen) atoms. The smallest absolute Gasteiger partial charge is 0.344 e. The van der Waals surface area contributed by atoms with E-state index in [1.54, 1.807) is 10.6 Å². The first-order valence-electron chi connectivity index (χ1n) is 5.93. The molecule has 0 aliphatic heterocycles. The topological polar surface area (TPSA) is 70.9 Å². The first kappa shape index (κ1) is 12.4. The minimum absolute atomic E-state index is 0.215. The molecular formula is C12H12FN3O2S. The maximum absolute atomic E-state index is 13.1. The summed E-state index contributed by atoms with van der Waals surface area (Å²) in [5.74, 6) is -0.394. The lowest BCUT2D eigenvalue weighted by Gasteiger charge is -2.07. The third kappa shape index (κ3) is 2.43. The second-order valence-electron chi connectivity index (χ2n) is 4.42. The Morgan fingerprint density at radius 3 is 3.00 bits per heavy atom. The van der Waals surface area contributed by atoms with Crippen LogP contribution >= 0.6 is 11.8 Å². The Morgan fingerprint density at radius 2 is 2.32 bits per heavy atom. The van der Waals surface area contributed by atoms with E-state index >= 15 is 0 Å². The van der Waals surface area contributed by atoms with Crippen molar-refractivity contribution in [2.75, 3.05) is 0 Å². The van der Waals surface area contributed by atoms with Crippen LogP contribution in [-0.2, 0) is 6.61 Å². The largest absolute Gasteiger partial charge is 0.392 e. The van der Waals surface area contributed by atoms with E-state index in [9.17, 15) is 14.3 Å². The molecule has 0 radical (unpaired) electrons. The van der Waals surface area contributed by atoms with E-state index in [0.29, 0.717) is 15.6 Å². The van der Waals surface area contributed by atoms with Gasteiger partial charge in [-0.3, -0.25) is 4.57 Å². The molecule has 0 unspecified atom stereocenters. The SMILES string of the molecule is O=c1[nH]nc(Sc2ccc(F)cc2CO)n1C1CC1. The van der Waals surface area contributed by atoms with Crippen LogP contribution in [0.15, 0.2) is 33.0 Å². The van der Waals surface area contributed by atoms with Crippen molar-refractivity contribution < 1.29 is 9.50 Å². The number of aliphatic hydroxyl groups excluding tert-OH is 1. The highest BCUT2D eigenvalue weighted by Gasteiger charge is 2.28. The fourth-order valence-corrected chi connectivity index (χ4v) is 2.90. The van der Waals surface area contributed by atoms with Crippen molar-refractivity contribution in [1.29, 1.82) is 0 Å². The third-order valence-electron chi connectivity index (χ3n) is 2.98. The highest BCUT2D eigenvalue weighted by atomic mass is 32.2. The zero-order valence-corrected chi connectivity index (χ0v) is 10.8. The molecule has 0 amide bonds. The fourth-order valence-electron chi connectivity index (χ4n) is 1.89. The van der Waals surface area contributed by atoms with Crippen molar-refractivity contribution in [3.05, 3.63) is 40.1 Å². The Labute approximate surface area is 112 Å². The van der Waals surface area contributed by atoms with E-state index in [2.05, 4.69) is 10.2 Å². The van der Waals surface area contributed by atoms with Crippen LogP contribution in [0.25, 0.3) is 0 Å². The second kappa shape index (κ2) is 4.82. The molecule has 2 aromatic rings. The number of halogens is 1. The lowest BCUT2D eigenvalue weighted by atomic mass is 10.2. The van der Waals surface area contributed by atoms with Gasteiger partial charge >= 0.3 is 5.69 Å². The summed E-state index contributed by atoms with van der Waals surface area (Å²) in [6.45, 7) is -0.252. The average Bonchev–Trinajstić information content (AvgIpc) is 3.17. The van der Waals surface area contributed by atoms with Gasteiger partial charge in [-0.25, -0.2) is 14.3 Å². The Bertz CT molecular complexity index is 663. The number of hydrogen-bond acceptors (Lipinski definition) is 4. The Hall–Kier alpha value is -1.60. The molecule has 100 valence electrons. The number of aromatic nitrogens is 3. The molecule has 1 heterocycles. The number of nitrogens with zero attached hydrogens (tertiary/aromatic N) is 2. The van der Waals surface area contributed by atoms with E-state index in [1.165, 1.54) is 23.9 Å². The van der Waals surface area contributed by atoms with Gasteiger partial charge in [0.2, 0.25) is 0 Å². The highest BCUT2D eigenvalue weighted by molar-refractivity contribution is 7.99. The number of aromatic amines is 1. The maximum atomic E-state index is 13.1. The van der Waals surface area contributed by atoms with Crippen molar-refractivity contribution in [3.8, 4) is 0 Å². The number of nitrogens with one attached hydrogen (secondary N) is 1. The fraction of sp³-hybridized carbons (Fsp3) is 0.333. The van der Waals surface area contributed by atoms with Crippen LogP contribution in [0, 0.1) is 5.82 Å². The molecule has 2 N–H and O–H groups in total. The molecule has 0 saturated heterocycles. The zero-order chi connectivity index (χ0) is 13.4.